The average Bonchev–Trinajstić information content (AvgIpc) is 2.74. The molecule has 1 atom stereocenters. The first kappa shape index (κ1) is 22.0. The number of Topliss-reactive ketones (excluding diaryl/α,β-unsaturated/α-hetero) is 1. The number of benzene rings is 2. The number of carbonyl (C=O) groups is 2. The molecule has 3 rings (SSSR count). The number of ketones is 1. The van der Waals surface area contributed by atoms with Crippen molar-refractivity contribution in [2.75, 3.05) is 25.5 Å². The van der Waals surface area contributed by atoms with Crippen molar-refractivity contribution in [3.05, 3.63) is 53.6 Å². The molecule has 0 bridgehead atoms. The van der Waals surface area contributed by atoms with E-state index in [0.29, 0.717) is 36.4 Å². The van der Waals surface area contributed by atoms with E-state index < -0.39 is 15.9 Å². The second-order valence-corrected chi connectivity index (χ2v) is 9.40. The van der Waals surface area contributed by atoms with Crippen LogP contribution in [0.15, 0.2) is 47.4 Å². The molecule has 0 saturated carbocycles. The number of rotatable bonds is 6. The highest BCUT2D eigenvalue weighted by Crippen LogP contribution is 2.28. The van der Waals surface area contributed by atoms with Crippen molar-refractivity contribution in [2.45, 2.75) is 31.6 Å². The Labute approximate surface area is 177 Å². The number of piperidine rings is 1. The number of hydrogen-bond donors (Lipinski definition) is 1. The zero-order chi connectivity index (χ0) is 21.9. The number of methoxy groups -OCH3 is 1. The van der Waals surface area contributed by atoms with Crippen molar-refractivity contribution < 1.29 is 22.7 Å². The number of sulfonamides is 1. The van der Waals surface area contributed by atoms with Crippen LogP contribution in [0.3, 0.4) is 0 Å². The molecular weight excluding hydrogens is 404 g/mol. The molecule has 0 spiro atoms. The monoisotopic (exact) mass is 430 g/mol. The van der Waals surface area contributed by atoms with Gasteiger partial charge in [0.15, 0.2) is 5.78 Å². The van der Waals surface area contributed by atoms with Crippen molar-refractivity contribution in [3.63, 3.8) is 0 Å². The summed E-state index contributed by atoms with van der Waals surface area (Å²) in [6, 6.07) is 11.5. The Balaban J connectivity index is 1.74. The van der Waals surface area contributed by atoms with Crippen LogP contribution in [-0.2, 0) is 14.8 Å². The van der Waals surface area contributed by atoms with Crippen LogP contribution in [-0.4, -0.2) is 44.6 Å². The van der Waals surface area contributed by atoms with Crippen molar-refractivity contribution in [1.29, 1.82) is 0 Å². The van der Waals surface area contributed by atoms with Gasteiger partial charge in [0.25, 0.3) is 0 Å². The lowest BCUT2D eigenvalue weighted by atomic mass is 9.98. The SMILES string of the molecule is COc1ccc(S(=O)(=O)N2CCCC(C(=O)Nc3cccc(C(C)=O)c3)C2)cc1C. The van der Waals surface area contributed by atoms with E-state index in [0.717, 1.165) is 5.56 Å². The first-order valence-electron chi connectivity index (χ1n) is 9.79. The predicted molar refractivity (Wildman–Crippen MR) is 114 cm³/mol. The van der Waals surface area contributed by atoms with Gasteiger partial charge in [0.1, 0.15) is 5.75 Å². The molecule has 1 N–H and O–H groups in total. The first-order chi connectivity index (χ1) is 14.2. The second-order valence-electron chi connectivity index (χ2n) is 7.46. The van der Waals surface area contributed by atoms with Crippen LogP contribution in [0.5, 0.6) is 5.75 Å². The Hall–Kier alpha value is -2.71. The van der Waals surface area contributed by atoms with Gasteiger partial charge in [-0.25, -0.2) is 8.42 Å². The van der Waals surface area contributed by atoms with Crippen molar-refractivity contribution in [3.8, 4) is 5.75 Å². The van der Waals surface area contributed by atoms with Gasteiger partial charge in [-0.05, 0) is 62.6 Å². The number of hydrogen-bond acceptors (Lipinski definition) is 5. The minimum Gasteiger partial charge on any atom is -0.496 e. The van der Waals surface area contributed by atoms with E-state index in [1.54, 1.807) is 43.3 Å². The summed E-state index contributed by atoms with van der Waals surface area (Å²) in [5, 5.41) is 2.81. The van der Waals surface area contributed by atoms with Gasteiger partial charge in [-0.1, -0.05) is 12.1 Å². The summed E-state index contributed by atoms with van der Waals surface area (Å²) >= 11 is 0. The molecule has 7 nitrogen and oxygen atoms in total. The predicted octanol–water partition coefficient (Wildman–Crippen LogP) is 3.25. The van der Waals surface area contributed by atoms with Crippen molar-refractivity contribution in [1.82, 2.24) is 4.31 Å². The highest BCUT2D eigenvalue weighted by atomic mass is 32.2. The molecule has 1 saturated heterocycles. The maximum atomic E-state index is 13.1. The van der Waals surface area contributed by atoms with E-state index in [9.17, 15) is 18.0 Å². The molecule has 1 amide bonds. The van der Waals surface area contributed by atoms with E-state index in [2.05, 4.69) is 5.32 Å². The molecule has 0 aliphatic carbocycles. The third-order valence-electron chi connectivity index (χ3n) is 5.30. The van der Waals surface area contributed by atoms with Gasteiger partial charge in [0.2, 0.25) is 15.9 Å². The lowest BCUT2D eigenvalue weighted by Crippen LogP contribution is -2.43. The normalized spacial score (nSPS) is 17.4. The molecule has 2 aromatic carbocycles. The Bertz CT molecular complexity index is 1060. The molecule has 2 aromatic rings. The van der Waals surface area contributed by atoms with E-state index in [4.69, 9.17) is 4.74 Å². The van der Waals surface area contributed by atoms with Crippen molar-refractivity contribution >= 4 is 27.4 Å². The van der Waals surface area contributed by atoms with Gasteiger partial charge in [0, 0.05) is 24.3 Å². The zero-order valence-corrected chi connectivity index (χ0v) is 18.2. The molecule has 1 aliphatic heterocycles. The number of nitrogens with one attached hydrogen (secondary N) is 1. The molecule has 160 valence electrons. The summed E-state index contributed by atoms with van der Waals surface area (Å²) < 4.78 is 32.8. The third kappa shape index (κ3) is 4.71. The molecular formula is C22H26N2O5S. The Morgan fingerprint density at radius 1 is 1.17 bits per heavy atom. The molecule has 1 unspecified atom stereocenters. The average molecular weight is 431 g/mol. The van der Waals surface area contributed by atoms with E-state index >= 15 is 0 Å². The maximum absolute atomic E-state index is 13.1. The number of nitrogens with zero attached hydrogens (tertiary/aromatic N) is 1. The Morgan fingerprint density at radius 3 is 2.60 bits per heavy atom. The van der Waals surface area contributed by atoms with Gasteiger partial charge < -0.3 is 10.1 Å². The summed E-state index contributed by atoms with van der Waals surface area (Å²) in [6.07, 6.45) is 1.20. The summed E-state index contributed by atoms with van der Waals surface area (Å²) in [7, 11) is -2.18. The standard InChI is InChI=1S/C22H26N2O5S/c1-15-12-20(9-10-21(15)29-3)30(27,28)24-11-5-7-18(14-24)22(26)23-19-8-4-6-17(13-19)16(2)25/h4,6,8-10,12-13,18H,5,7,11,14H2,1-3H3,(H,23,26). The number of anilines is 1. The third-order valence-corrected chi connectivity index (χ3v) is 7.16. The minimum absolute atomic E-state index is 0.0872. The molecule has 30 heavy (non-hydrogen) atoms. The van der Waals surface area contributed by atoms with Crippen LogP contribution in [0, 0.1) is 12.8 Å². The Kier molecular flexibility index (Phi) is 6.58. The van der Waals surface area contributed by atoms with E-state index in [-0.39, 0.29) is 23.1 Å². The quantitative estimate of drug-likeness (QED) is 0.710. The van der Waals surface area contributed by atoms with Gasteiger partial charge in [-0.2, -0.15) is 4.31 Å². The van der Waals surface area contributed by atoms with E-state index in [1.807, 2.05) is 0 Å². The lowest BCUT2D eigenvalue weighted by Gasteiger charge is -2.31. The van der Waals surface area contributed by atoms with Crippen LogP contribution < -0.4 is 10.1 Å². The first-order valence-corrected chi connectivity index (χ1v) is 11.2. The van der Waals surface area contributed by atoms with Gasteiger partial charge in [-0.3, -0.25) is 9.59 Å². The van der Waals surface area contributed by atoms with Crippen molar-refractivity contribution in [2.24, 2.45) is 5.92 Å². The number of aryl methyl sites for hydroxylation is 1. The molecule has 1 fully saturated rings. The van der Waals surface area contributed by atoms with Crippen LogP contribution in [0.4, 0.5) is 5.69 Å². The number of carbonyl (C=O) groups excluding carboxylic acids is 2. The van der Waals surface area contributed by atoms with Gasteiger partial charge >= 0.3 is 0 Å². The molecule has 8 heteroatoms. The summed E-state index contributed by atoms with van der Waals surface area (Å²) in [4.78, 5) is 24.5. The zero-order valence-electron chi connectivity index (χ0n) is 17.3. The highest BCUT2D eigenvalue weighted by molar-refractivity contribution is 7.89. The number of ether oxygens (including phenoxy) is 1. The van der Waals surface area contributed by atoms with Gasteiger partial charge in [-0.15, -0.1) is 0 Å². The van der Waals surface area contributed by atoms with Crippen LogP contribution in [0.25, 0.3) is 0 Å². The summed E-state index contributed by atoms with van der Waals surface area (Å²) in [5.41, 5.74) is 1.77. The fourth-order valence-electron chi connectivity index (χ4n) is 3.60. The topological polar surface area (TPSA) is 92.8 Å². The smallest absolute Gasteiger partial charge is 0.243 e. The molecule has 0 radical (unpaired) electrons. The highest BCUT2D eigenvalue weighted by Gasteiger charge is 2.33. The van der Waals surface area contributed by atoms with Crippen LogP contribution in [0.2, 0.25) is 0 Å². The summed E-state index contributed by atoms with van der Waals surface area (Å²) in [6.45, 7) is 3.74. The number of amides is 1. The molecule has 1 heterocycles. The molecule has 0 aromatic heterocycles. The minimum atomic E-state index is -3.71. The largest absolute Gasteiger partial charge is 0.496 e. The fourth-order valence-corrected chi connectivity index (χ4v) is 5.20. The maximum Gasteiger partial charge on any atom is 0.243 e. The fraction of sp³-hybridized carbons (Fsp3) is 0.364. The Morgan fingerprint density at radius 2 is 1.93 bits per heavy atom. The summed E-state index contributed by atoms with van der Waals surface area (Å²) in [5.74, 6) is -0.177. The van der Waals surface area contributed by atoms with Gasteiger partial charge in [0.05, 0.1) is 17.9 Å². The van der Waals surface area contributed by atoms with E-state index in [1.165, 1.54) is 24.4 Å². The van der Waals surface area contributed by atoms with Crippen LogP contribution in [0.1, 0.15) is 35.7 Å². The lowest BCUT2D eigenvalue weighted by molar-refractivity contribution is -0.120. The molecule has 1 aliphatic rings. The second kappa shape index (κ2) is 8.97. The van der Waals surface area contributed by atoms with Crippen LogP contribution >= 0.6 is 0 Å².